The van der Waals surface area contributed by atoms with Crippen molar-refractivity contribution in [3.8, 4) is 17.2 Å². The molecule has 0 heterocycles. The third-order valence-corrected chi connectivity index (χ3v) is 4.08. The second kappa shape index (κ2) is 10.3. The van der Waals surface area contributed by atoms with Gasteiger partial charge in [-0.15, -0.1) is 0 Å². The molecule has 2 rings (SSSR count). The monoisotopic (exact) mass is 385 g/mol. The fourth-order valence-corrected chi connectivity index (χ4v) is 2.64. The summed E-state index contributed by atoms with van der Waals surface area (Å²) in [5, 5.41) is 2.90. The first-order valence-electron chi connectivity index (χ1n) is 9.37. The predicted octanol–water partition coefficient (Wildman–Crippen LogP) is 3.94. The van der Waals surface area contributed by atoms with E-state index in [1.165, 1.54) is 6.92 Å². The number of carbonyl (C=O) groups is 2. The number of amides is 1. The fourth-order valence-electron chi connectivity index (χ4n) is 2.64. The van der Waals surface area contributed by atoms with Gasteiger partial charge in [-0.2, -0.15) is 0 Å². The Bertz CT molecular complexity index is 801. The molecule has 0 bridgehead atoms. The number of rotatable bonds is 10. The molecule has 1 N–H and O–H groups in total. The maximum atomic E-state index is 12.2. The third kappa shape index (κ3) is 6.01. The maximum Gasteiger partial charge on any atom is 0.258 e. The van der Waals surface area contributed by atoms with Gasteiger partial charge in [-0.05, 0) is 69.7 Å². The number of hydrogen-bond acceptors (Lipinski definition) is 5. The number of nitrogens with one attached hydrogen (secondary N) is 1. The quantitative estimate of drug-likeness (QED) is 0.627. The van der Waals surface area contributed by atoms with Crippen molar-refractivity contribution in [2.75, 3.05) is 19.8 Å². The first-order chi connectivity index (χ1) is 13.4. The minimum Gasteiger partial charge on any atom is -0.490 e. The molecule has 0 saturated carbocycles. The van der Waals surface area contributed by atoms with Crippen LogP contribution in [0.1, 0.15) is 49.7 Å². The van der Waals surface area contributed by atoms with Crippen molar-refractivity contribution in [2.45, 2.75) is 33.7 Å². The maximum absolute atomic E-state index is 12.2. The Morgan fingerprint density at radius 3 is 2.18 bits per heavy atom. The Morgan fingerprint density at radius 1 is 0.929 bits per heavy atom. The normalized spacial score (nSPS) is 11.4. The SMILES string of the molecule is CCOc1ccc([C@H](C)NC(=O)COc2ccc(C(C)=O)cc2)cc1OCC. The lowest BCUT2D eigenvalue weighted by atomic mass is 10.1. The zero-order chi connectivity index (χ0) is 20.5. The molecular formula is C22H27NO5. The van der Waals surface area contributed by atoms with Crippen LogP contribution in [0.2, 0.25) is 0 Å². The van der Waals surface area contributed by atoms with Crippen molar-refractivity contribution in [3.63, 3.8) is 0 Å². The van der Waals surface area contributed by atoms with Gasteiger partial charge in [-0.25, -0.2) is 0 Å². The Morgan fingerprint density at radius 2 is 1.57 bits per heavy atom. The molecule has 0 unspecified atom stereocenters. The fraction of sp³-hybridized carbons (Fsp3) is 0.364. The van der Waals surface area contributed by atoms with Crippen LogP contribution in [0, 0.1) is 0 Å². The van der Waals surface area contributed by atoms with Crippen molar-refractivity contribution in [2.24, 2.45) is 0 Å². The van der Waals surface area contributed by atoms with E-state index in [2.05, 4.69) is 5.32 Å². The lowest BCUT2D eigenvalue weighted by molar-refractivity contribution is -0.123. The van der Waals surface area contributed by atoms with Crippen LogP contribution in [0.15, 0.2) is 42.5 Å². The van der Waals surface area contributed by atoms with E-state index in [1.54, 1.807) is 24.3 Å². The van der Waals surface area contributed by atoms with Crippen LogP contribution in [-0.2, 0) is 4.79 Å². The highest BCUT2D eigenvalue weighted by Gasteiger charge is 2.14. The van der Waals surface area contributed by atoms with Crippen LogP contribution in [0.25, 0.3) is 0 Å². The van der Waals surface area contributed by atoms with Crippen molar-refractivity contribution in [3.05, 3.63) is 53.6 Å². The number of hydrogen-bond donors (Lipinski definition) is 1. The van der Waals surface area contributed by atoms with Crippen molar-refractivity contribution in [1.82, 2.24) is 5.32 Å². The van der Waals surface area contributed by atoms with Gasteiger partial charge in [0.15, 0.2) is 23.9 Å². The molecule has 6 nitrogen and oxygen atoms in total. The first-order valence-corrected chi connectivity index (χ1v) is 9.37. The van der Waals surface area contributed by atoms with Gasteiger partial charge in [0, 0.05) is 5.56 Å². The molecule has 0 aliphatic heterocycles. The van der Waals surface area contributed by atoms with Crippen LogP contribution in [-0.4, -0.2) is 31.5 Å². The van der Waals surface area contributed by atoms with Crippen LogP contribution >= 0.6 is 0 Å². The van der Waals surface area contributed by atoms with Crippen LogP contribution in [0.3, 0.4) is 0 Å². The molecule has 1 atom stereocenters. The number of carbonyl (C=O) groups excluding carboxylic acids is 2. The second-order valence-electron chi connectivity index (χ2n) is 6.23. The molecule has 0 aliphatic rings. The molecule has 0 aliphatic carbocycles. The molecule has 2 aromatic carbocycles. The van der Waals surface area contributed by atoms with Gasteiger partial charge < -0.3 is 19.5 Å². The van der Waals surface area contributed by atoms with E-state index in [-0.39, 0.29) is 24.3 Å². The Kier molecular flexibility index (Phi) is 7.87. The van der Waals surface area contributed by atoms with Gasteiger partial charge in [0.05, 0.1) is 19.3 Å². The summed E-state index contributed by atoms with van der Waals surface area (Å²) in [5.41, 5.74) is 1.51. The summed E-state index contributed by atoms with van der Waals surface area (Å²) in [4.78, 5) is 23.5. The molecule has 0 radical (unpaired) electrons. The topological polar surface area (TPSA) is 73.9 Å². The summed E-state index contributed by atoms with van der Waals surface area (Å²) in [7, 11) is 0. The smallest absolute Gasteiger partial charge is 0.258 e. The zero-order valence-corrected chi connectivity index (χ0v) is 16.8. The van der Waals surface area contributed by atoms with Crippen LogP contribution in [0.4, 0.5) is 0 Å². The third-order valence-electron chi connectivity index (χ3n) is 4.08. The van der Waals surface area contributed by atoms with E-state index in [9.17, 15) is 9.59 Å². The minimum absolute atomic E-state index is 0.0140. The summed E-state index contributed by atoms with van der Waals surface area (Å²) >= 11 is 0. The summed E-state index contributed by atoms with van der Waals surface area (Å²) in [6.45, 7) is 8.19. The summed E-state index contributed by atoms with van der Waals surface area (Å²) < 4.78 is 16.7. The highest BCUT2D eigenvalue weighted by molar-refractivity contribution is 5.94. The molecule has 0 fully saturated rings. The number of ether oxygens (including phenoxy) is 3. The van der Waals surface area contributed by atoms with E-state index in [0.29, 0.717) is 36.0 Å². The Labute approximate surface area is 165 Å². The van der Waals surface area contributed by atoms with Gasteiger partial charge in [-0.1, -0.05) is 6.07 Å². The first kappa shape index (κ1) is 21.3. The molecule has 0 saturated heterocycles. The molecule has 28 heavy (non-hydrogen) atoms. The largest absolute Gasteiger partial charge is 0.490 e. The lowest BCUT2D eigenvalue weighted by Crippen LogP contribution is -2.31. The van der Waals surface area contributed by atoms with E-state index < -0.39 is 0 Å². The second-order valence-corrected chi connectivity index (χ2v) is 6.23. The average Bonchev–Trinajstić information content (AvgIpc) is 2.68. The molecule has 0 spiro atoms. The molecule has 150 valence electrons. The van der Waals surface area contributed by atoms with Gasteiger partial charge in [-0.3, -0.25) is 9.59 Å². The Hall–Kier alpha value is -3.02. The van der Waals surface area contributed by atoms with Gasteiger partial charge in [0.1, 0.15) is 5.75 Å². The summed E-state index contributed by atoms with van der Waals surface area (Å²) in [6.07, 6.45) is 0. The highest BCUT2D eigenvalue weighted by atomic mass is 16.5. The molecule has 1 amide bonds. The van der Waals surface area contributed by atoms with E-state index in [0.717, 1.165) is 5.56 Å². The standard InChI is InChI=1S/C22H27NO5/c1-5-26-20-12-9-18(13-21(20)27-6-2)15(3)23-22(25)14-28-19-10-7-17(8-11-19)16(4)24/h7-13,15H,5-6,14H2,1-4H3,(H,23,25)/t15-/m0/s1. The minimum atomic E-state index is -0.241. The molecular weight excluding hydrogens is 358 g/mol. The van der Waals surface area contributed by atoms with Gasteiger partial charge >= 0.3 is 0 Å². The highest BCUT2D eigenvalue weighted by Crippen LogP contribution is 2.30. The van der Waals surface area contributed by atoms with Crippen molar-refractivity contribution in [1.29, 1.82) is 0 Å². The van der Waals surface area contributed by atoms with Crippen molar-refractivity contribution < 1.29 is 23.8 Å². The molecule has 2 aromatic rings. The van der Waals surface area contributed by atoms with E-state index in [1.807, 2.05) is 39.0 Å². The van der Waals surface area contributed by atoms with Crippen LogP contribution in [0.5, 0.6) is 17.2 Å². The summed E-state index contributed by atoms with van der Waals surface area (Å²) in [6, 6.07) is 12.1. The molecule has 6 heteroatoms. The van der Waals surface area contributed by atoms with E-state index in [4.69, 9.17) is 14.2 Å². The van der Waals surface area contributed by atoms with Crippen LogP contribution < -0.4 is 19.5 Å². The molecule has 0 aromatic heterocycles. The predicted molar refractivity (Wildman–Crippen MR) is 107 cm³/mol. The number of Topliss-reactive ketones (excluding diaryl/α,β-unsaturated/α-hetero) is 1. The lowest BCUT2D eigenvalue weighted by Gasteiger charge is -2.17. The zero-order valence-electron chi connectivity index (χ0n) is 16.8. The number of benzene rings is 2. The van der Waals surface area contributed by atoms with Crippen molar-refractivity contribution >= 4 is 11.7 Å². The van der Waals surface area contributed by atoms with Gasteiger partial charge in [0.2, 0.25) is 0 Å². The Balaban J connectivity index is 1.94. The van der Waals surface area contributed by atoms with Gasteiger partial charge in [0.25, 0.3) is 5.91 Å². The number of ketones is 1. The average molecular weight is 385 g/mol. The van der Waals surface area contributed by atoms with E-state index >= 15 is 0 Å². The summed E-state index contributed by atoms with van der Waals surface area (Å²) in [5.74, 6) is 1.62.